The molecule has 0 saturated heterocycles. The average Bonchev–Trinajstić information content (AvgIpc) is 2.78. The summed E-state index contributed by atoms with van der Waals surface area (Å²) in [6.07, 6.45) is 4.36. The van der Waals surface area contributed by atoms with Gasteiger partial charge in [-0.15, -0.1) is 0 Å². The first-order chi connectivity index (χ1) is 14.2. The highest BCUT2D eigenvalue weighted by molar-refractivity contribution is 5.91. The molecule has 29 heavy (non-hydrogen) atoms. The van der Waals surface area contributed by atoms with Gasteiger partial charge in [-0.05, 0) is 53.9 Å². The minimum atomic E-state index is 0.0376. The van der Waals surface area contributed by atoms with Crippen molar-refractivity contribution in [1.82, 2.24) is 15.0 Å². The number of phenolic OH excluding ortho intramolecular Hbond substituents is 1. The van der Waals surface area contributed by atoms with Crippen molar-refractivity contribution >= 4 is 16.7 Å². The monoisotopic (exact) mass is 385 g/mol. The van der Waals surface area contributed by atoms with Crippen molar-refractivity contribution in [2.24, 2.45) is 5.73 Å². The zero-order valence-corrected chi connectivity index (χ0v) is 16.2. The van der Waals surface area contributed by atoms with Gasteiger partial charge in [-0.25, -0.2) is 9.97 Å². The van der Waals surface area contributed by atoms with E-state index < -0.39 is 0 Å². The van der Waals surface area contributed by atoms with Gasteiger partial charge in [0.05, 0.1) is 11.1 Å². The molecule has 1 atom stereocenters. The molecule has 0 radical (unpaired) electrons. The van der Waals surface area contributed by atoms with Gasteiger partial charge in [0, 0.05) is 30.4 Å². The number of aromatic nitrogens is 3. The number of nitrogens with one attached hydrogen (secondary N) is 1. The number of rotatable bonds is 6. The number of hydrogen-bond donors (Lipinski definition) is 3. The molecule has 0 saturated carbocycles. The van der Waals surface area contributed by atoms with Crippen LogP contribution in [0.3, 0.4) is 0 Å². The molecule has 4 N–H and O–H groups in total. The van der Waals surface area contributed by atoms with E-state index in [0.29, 0.717) is 23.8 Å². The maximum atomic E-state index is 10.5. The molecule has 0 spiro atoms. The Bertz CT molecular complexity index is 1130. The van der Waals surface area contributed by atoms with Crippen molar-refractivity contribution in [1.29, 1.82) is 0 Å². The summed E-state index contributed by atoms with van der Waals surface area (Å²) in [5.74, 6) is 1.31. The van der Waals surface area contributed by atoms with Gasteiger partial charge in [-0.2, -0.15) is 0 Å². The summed E-state index contributed by atoms with van der Waals surface area (Å²) in [5, 5.41) is 14.8. The summed E-state index contributed by atoms with van der Waals surface area (Å²) in [6, 6.07) is 17.1. The Morgan fingerprint density at radius 1 is 1.00 bits per heavy atom. The third-order valence-electron chi connectivity index (χ3n) is 4.91. The molecule has 0 unspecified atom stereocenters. The van der Waals surface area contributed by atoms with E-state index in [1.54, 1.807) is 18.5 Å². The van der Waals surface area contributed by atoms with Gasteiger partial charge in [0.15, 0.2) is 5.82 Å². The van der Waals surface area contributed by atoms with Crippen LogP contribution in [0.1, 0.15) is 13.3 Å². The van der Waals surface area contributed by atoms with Crippen LogP contribution in [0.4, 0.5) is 5.82 Å². The highest BCUT2D eigenvalue weighted by Crippen LogP contribution is 2.33. The van der Waals surface area contributed by atoms with Crippen LogP contribution < -0.4 is 11.1 Å². The number of anilines is 1. The van der Waals surface area contributed by atoms with Gasteiger partial charge < -0.3 is 16.2 Å². The molecular weight excluding hydrogens is 362 g/mol. The van der Waals surface area contributed by atoms with Gasteiger partial charge >= 0.3 is 0 Å². The predicted octanol–water partition coefficient (Wildman–Crippen LogP) is 4.21. The van der Waals surface area contributed by atoms with E-state index in [1.165, 1.54) is 0 Å². The number of phenols is 1. The first-order valence-electron chi connectivity index (χ1n) is 9.65. The minimum Gasteiger partial charge on any atom is -0.507 e. The van der Waals surface area contributed by atoms with Crippen LogP contribution >= 0.6 is 0 Å². The summed E-state index contributed by atoms with van der Waals surface area (Å²) >= 11 is 0. The number of para-hydroxylation sites is 1. The number of benzene rings is 2. The quantitative estimate of drug-likeness (QED) is 0.460. The van der Waals surface area contributed by atoms with Gasteiger partial charge in [-0.3, -0.25) is 4.98 Å². The summed E-state index contributed by atoms with van der Waals surface area (Å²) in [6.45, 7) is 2.67. The van der Waals surface area contributed by atoms with Crippen molar-refractivity contribution in [2.75, 3.05) is 11.9 Å². The molecule has 6 nitrogen and oxygen atoms in total. The molecule has 0 aliphatic rings. The Morgan fingerprint density at radius 2 is 1.79 bits per heavy atom. The van der Waals surface area contributed by atoms with Crippen molar-refractivity contribution in [2.45, 2.75) is 19.4 Å². The lowest BCUT2D eigenvalue weighted by Crippen LogP contribution is -2.28. The van der Waals surface area contributed by atoms with Crippen molar-refractivity contribution < 1.29 is 5.11 Å². The summed E-state index contributed by atoms with van der Waals surface area (Å²) in [5.41, 5.74) is 9.42. The highest BCUT2D eigenvalue weighted by atomic mass is 16.3. The number of aromatic hydroxyl groups is 1. The van der Waals surface area contributed by atoms with Crippen molar-refractivity contribution in [3.8, 4) is 28.3 Å². The van der Waals surface area contributed by atoms with Gasteiger partial charge in [0.25, 0.3) is 0 Å². The van der Waals surface area contributed by atoms with Crippen molar-refractivity contribution in [3.63, 3.8) is 0 Å². The second kappa shape index (κ2) is 8.24. The fourth-order valence-corrected chi connectivity index (χ4v) is 3.14. The van der Waals surface area contributed by atoms with Gasteiger partial charge in [0.2, 0.25) is 0 Å². The number of fused-ring (bicyclic) bond motifs is 1. The van der Waals surface area contributed by atoms with Gasteiger partial charge in [0.1, 0.15) is 11.6 Å². The van der Waals surface area contributed by atoms with E-state index in [2.05, 4.69) is 17.2 Å². The standard InChI is InChI=1S/C23H23N5O/c1-2-17(24)14-26-22-18-5-3-4-6-20(18)27-23(28-22)19-13-16(7-8-21(19)29)15-9-11-25-12-10-15/h3-13,17,29H,2,14,24H2,1H3,(H,26,27,28)/t17-/m1/s1. The van der Waals surface area contributed by atoms with E-state index in [1.807, 2.05) is 48.5 Å². The lowest BCUT2D eigenvalue weighted by Gasteiger charge is -2.14. The fraction of sp³-hybridized carbons (Fsp3) is 0.174. The molecule has 0 amide bonds. The lowest BCUT2D eigenvalue weighted by atomic mass is 10.0. The summed E-state index contributed by atoms with van der Waals surface area (Å²) in [7, 11) is 0. The maximum Gasteiger partial charge on any atom is 0.165 e. The fourth-order valence-electron chi connectivity index (χ4n) is 3.14. The Hall–Kier alpha value is -3.51. The van der Waals surface area contributed by atoms with Crippen LogP contribution in [0.5, 0.6) is 5.75 Å². The van der Waals surface area contributed by atoms with Crippen LogP contribution in [0.25, 0.3) is 33.4 Å². The molecule has 0 fully saturated rings. The highest BCUT2D eigenvalue weighted by Gasteiger charge is 2.14. The third-order valence-corrected chi connectivity index (χ3v) is 4.91. The minimum absolute atomic E-state index is 0.0376. The van der Waals surface area contributed by atoms with E-state index >= 15 is 0 Å². The average molecular weight is 385 g/mol. The molecule has 0 bridgehead atoms. The van der Waals surface area contributed by atoms with Crippen LogP contribution in [0, 0.1) is 0 Å². The SMILES string of the molecule is CC[C@@H](N)CNc1nc(-c2cc(-c3ccncc3)ccc2O)nc2ccccc12. The number of nitrogens with zero attached hydrogens (tertiary/aromatic N) is 3. The van der Waals surface area contributed by atoms with Gasteiger partial charge in [-0.1, -0.05) is 25.1 Å². The first kappa shape index (κ1) is 18.8. The van der Waals surface area contributed by atoms with E-state index in [-0.39, 0.29) is 11.8 Å². The molecule has 4 aromatic rings. The normalized spacial score (nSPS) is 12.1. The van der Waals surface area contributed by atoms with E-state index in [9.17, 15) is 5.11 Å². The number of nitrogens with two attached hydrogens (primary N) is 1. The second-order valence-corrected chi connectivity index (χ2v) is 6.93. The topological polar surface area (TPSA) is 97.0 Å². The second-order valence-electron chi connectivity index (χ2n) is 6.93. The van der Waals surface area contributed by atoms with Crippen LogP contribution in [0.2, 0.25) is 0 Å². The molecular formula is C23H23N5O. The number of pyridine rings is 1. The Morgan fingerprint density at radius 3 is 2.59 bits per heavy atom. The Balaban J connectivity index is 1.81. The summed E-state index contributed by atoms with van der Waals surface area (Å²) in [4.78, 5) is 13.5. The zero-order valence-electron chi connectivity index (χ0n) is 16.2. The Kier molecular flexibility index (Phi) is 5.35. The van der Waals surface area contributed by atoms with Crippen LogP contribution in [-0.2, 0) is 0 Å². The zero-order chi connectivity index (χ0) is 20.2. The largest absolute Gasteiger partial charge is 0.507 e. The van der Waals surface area contributed by atoms with Crippen LogP contribution in [-0.4, -0.2) is 32.6 Å². The smallest absolute Gasteiger partial charge is 0.165 e. The van der Waals surface area contributed by atoms with Crippen molar-refractivity contribution in [3.05, 3.63) is 67.0 Å². The molecule has 0 aliphatic carbocycles. The maximum absolute atomic E-state index is 10.5. The molecule has 146 valence electrons. The lowest BCUT2D eigenvalue weighted by molar-refractivity contribution is 0.477. The molecule has 6 heteroatoms. The molecule has 2 heterocycles. The van der Waals surface area contributed by atoms with E-state index in [4.69, 9.17) is 15.7 Å². The predicted molar refractivity (Wildman–Crippen MR) is 117 cm³/mol. The van der Waals surface area contributed by atoms with Crippen LogP contribution in [0.15, 0.2) is 67.0 Å². The molecule has 0 aliphatic heterocycles. The summed E-state index contributed by atoms with van der Waals surface area (Å²) < 4.78 is 0. The molecule has 4 rings (SSSR count). The molecule has 2 aromatic carbocycles. The number of hydrogen-bond acceptors (Lipinski definition) is 6. The third kappa shape index (κ3) is 4.02. The Labute approximate surface area is 169 Å². The van der Waals surface area contributed by atoms with E-state index in [0.717, 1.165) is 28.5 Å². The molecule has 2 aromatic heterocycles. The first-order valence-corrected chi connectivity index (χ1v) is 9.65.